The van der Waals surface area contributed by atoms with Crippen molar-refractivity contribution in [2.75, 3.05) is 5.73 Å². The van der Waals surface area contributed by atoms with Crippen LogP contribution >= 0.6 is 7.82 Å². The predicted molar refractivity (Wildman–Crippen MR) is 107 cm³/mol. The van der Waals surface area contributed by atoms with Crippen LogP contribution in [0.5, 0.6) is 5.75 Å². The molecule has 0 fully saturated rings. The first-order valence-electron chi connectivity index (χ1n) is 8.02. The molecule has 6 N–H and O–H groups in total. The van der Waals surface area contributed by atoms with E-state index in [4.69, 9.17) is 25.0 Å². The summed E-state index contributed by atoms with van der Waals surface area (Å²) in [5, 5.41) is 14.9. The molecule has 0 unspecified atom stereocenters. The molecule has 0 saturated carbocycles. The van der Waals surface area contributed by atoms with Gasteiger partial charge in [0.15, 0.2) is 0 Å². The Hall–Kier alpha value is -2.89. The normalized spacial score (nSPS) is 11.2. The van der Waals surface area contributed by atoms with Crippen molar-refractivity contribution in [2.45, 2.75) is 0 Å². The van der Waals surface area contributed by atoms with Gasteiger partial charge in [-0.25, -0.2) is 4.57 Å². The summed E-state index contributed by atoms with van der Waals surface area (Å²) >= 11 is 0. The molecule has 0 aliphatic rings. The largest absolute Gasteiger partial charge is 0.505 e. The maximum absolute atomic E-state index is 10.6. The van der Waals surface area contributed by atoms with Crippen LogP contribution in [0.3, 0.4) is 0 Å². The molecule has 4 aromatic rings. The summed E-state index contributed by atoms with van der Waals surface area (Å²) in [7, 11) is -4.64. The quantitative estimate of drug-likeness (QED) is 0.192. The molecule has 138 valence electrons. The maximum atomic E-state index is 10.6. The lowest BCUT2D eigenvalue weighted by Gasteiger charge is -2.14. The second-order valence-corrected chi connectivity index (χ2v) is 6.98. The molecular weight excluding hydrogens is 365 g/mol. The van der Waals surface area contributed by atoms with Gasteiger partial charge in [0, 0.05) is 5.56 Å². The minimum atomic E-state index is -4.64. The van der Waals surface area contributed by atoms with Crippen LogP contribution in [0, 0.1) is 0 Å². The molecule has 0 aliphatic heterocycles. The zero-order valence-corrected chi connectivity index (χ0v) is 15.0. The second kappa shape index (κ2) is 7.39. The summed E-state index contributed by atoms with van der Waals surface area (Å²) in [4.78, 5) is 21.6. The lowest BCUT2D eigenvalue weighted by atomic mass is 9.92. The predicted octanol–water partition coefficient (Wildman–Crippen LogP) is 4.02. The number of benzene rings is 4. The van der Waals surface area contributed by atoms with Crippen molar-refractivity contribution < 1.29 is 24.4 Å². The van der Waals surface area contributed by atoms with Gasteiger partial charge in [-0.3, -0.25) is 0 Å². The van der Waals surface area contributed by atoms with Crippen molar-refractivity contribution in [3.8, 4) is 16.9 Å². The molecule has 0 radical (unpaired) electrons. The molecule has 0 bridgehead atoms. The summed E-state index contributed by atoms with van der Waals surface area (Å²) in [5.74, 6) is 0.148. The number of nitrogens with two attached hydrogens (primary N) is 1. The molecule has 4 aromatic carbocycles. The van der Waals surface area contributed by atoms with Crippen LogP contribution < -0.4 is 5.73 Å². The highest BCUT2D eigenvalue weighted by molar-refractivity contribution is 7.45. The number of hydrogen-bond acceptors (Lipinski definition) is 3. The molecule has 0 atom stereocenters. The van der Waals surface area contributed by atoms with Gasteiger partial charge in [0.1, 0.15) is 5.75 Å². The Bertz CT molecular complexity index is 1160. The highest BCUT2D eigenvalue weighted by atomic mass is 31.2. The minimum Gasteiger partial charge on any atom is -0.505 e. The number of aromatic hydroxyl groups is 1. The van der Waals surface area contributed by atoms with Crippen molar-refractivity contribution in [1.82, 2.24) is 0 Å². The Labute approximate surface area is 155 Å². The van der Waals surface area contributed by atoms with E-state index >= 15 is 0 Å². The first kappa shape index (κ1) is 18.9. The van der Waals surface area contributed by atoms with E-state index < -0.39 is 7.82 Å². The van der Waals surface area contributed by atoms with Crippen LogP contribution in [0.15, 0.2) is 72.8 Å². The third-order valence-electron chi connectivity index (χ3n) is 4.11. The Kier molecular flexibility index (Phi) is 5.17. The van der Waals surface area contributed by atoms with E-state index in [-0.39, 0.29) is 5.75 Å². The lowest BCUT2D eigenvalue weighted by molar-refractivity contribution is 0.275. The number of hydrogen-bond donors (Lipinski definition) is 5. The standard InChI is InChI=1S/C20H15NO.H3O4P/c21-18-12-14-7-2-4-10-16(14)19(20(18)22)17-11-5-8-13-6-1-3-9-15(13)17;1-5(2,3)4/h1-12,22H,21H2;(H3,1,2,3,4). The topological polar surface area (TPSA) is 124 Å². The van der Waals surface area contributed by atoms with Gasteiger partial charge in [-0.1, -0.05) is 66.7 Å². The zero-order valence-electron chi connectivity index (χ0n) is 14.1. The molecule has 0 amide bonds. The summed E-state index contributed by atoms with van der Waals surface area (Å²) in [6.45, 7) is 0. The van der Waals surface area contributed by atoms with Gasteiger partial charge in [0.05, 0.1) is 5.69 Å². The molecule has 0 aliphatic carbocycles. The summed E-state index contributed by atoms with van der Waals surface area (Å²) in [6, 6.07) is 24.1. The van der Waals surface area contributed by atoms with Gasteiger partial charge in [0.2, 0.25) is 0 Å². The Morgan fingerprint density at radius 3 is 1.93 bits per heavy atom. The highest BCUT2D eigenvalue weighted by Gasteiger charge is 2.14. The number of phosphoric acid groups is 1. The van der Waals surface area contributed by atoms with Crippen LogP contribution in [-0.2, 0) is 4.57 Å². The summed E-state index contributed by atoms with van der Waals surface area (Å²) in [6.07, 6.45) is 0. The highest BCUT2D eigenvalue weighted by Crippen LogP contribution is 2.42. The fourth-order valence-electron chi connectivity index (χ4n) is 3.07. The number of phenols is 1. The van der Waals surface area contributed by atoms with Crippen molar-refractivity contribution in [2.24, 2.45) is 0 Å². The third kappa shape index (κ3) is 4.27. The molecule has 6 nitrogen and oxygen atoms in total. The maximum Gasteiger partial charge on any atom is 0.466 e. The Morgan fingerprint density at radius 1 is 0.741 bits per heavy atom. The van der Waals surface area contributed by atoms with Gasteiger partial charge in [-0.2, -0.15) is 0 Å². The fourth-order valence-corrected chi connectivity index (χ4v) is 3.07. The van der Waals surface area contributed by atoms with Gasteiger partial charge in [-0.05, 0) is 33.2 Å². The summed E-state index contributed by atoms with van der Waals surface area (Å²) < 4.78 is 8.88. The average molecular weight is 383 g/mol. The Balaban J connectivity index is 0.000000376. The number of rotatable bonds is 1. The molecule has 7 heteroatoms. The molecule has 0 aromatic heterocycles. The van der Waals surface area contributed by atoms with Crippen molar-refractivity contribution in [1.29, 1.82) is 0 Å². The molecule has 0 spiro atoms. The van der Waals surface area contributed by atoms with E-state index in [2.05, 4.69) is 18.2 Å². The van der Waals surface area contributed by atoms with E-state index in [0.29, 0.717) is 5.69 Å². The third-order valence-corrected chi connectivity index (χ3v) is 4.11. The van der Waals surface area contributed by atoms with Crippen molar-refractivity contribution in [3.05, 3.63) is 72.8 Å². The number of fused-ring (bicyclic) bond motifs is 2. The second-order valence-electron chi connectivity index (χ2n) is 5.95. The van der Waals surface area contributed by atoms with Gasteiger partial charge >= 0.3 is 7.82 Å². The van der Waals surface area contributed by atoms with E-state index in [0.717, 1.165) is 32.7 Å². The van der Waals surface area contributed by atoms with Crippen LogP contribution in [-0.4, -0.2) is 19.8 Å². The van der Waals surface area contributed by atoms with Crippen LogP contribution in [0.25, 0.3) is 32.7 Å². The smallest absolute Gasteiger partial charge is 0.466 e. The molecule has 0 heterocycles. The average Bonchev–Trinajstić information content (AvgIpc) is 2.61. The first-order chi connectivity index (χ1) is 12.8. The minimum absolute atomic E-state index is 0.148. The number of phenolic OH excluding ortho intramolecular Hbond substituents is 1. The lowest BCUT2D eigenvalue weighted by Crippen LogP contribution is -1.91. The molecule has 0 saturated heterocycles. The van der Waals surface area contributed by atoms with Gasteiger partial charge in [0.25, 0.3) is 0 Å². The monoisotopic (exact) mass is 383 g/mol. The van der Waals surface area contributed by atoms with E-state index in [1.54, 1.807) is 0 Å². The van der Waals surface area contributed by atoms with Crippen LogP contribution in [0.1, 0.15) is 0 Å². The van der Waals surface area contributed by atoms with Gasteiger partial charge in [-0.15, -0.1) is 0 Å². The van der Waals surface area contributed by atoms with Crippen molar-refractivity contribution in [3.63, 3.8) is 0 Å². The van der Waals surface area contributed by atoms with E-state index in [1.807, 2.05) is 54.6 Å². The van der Waals surface area contributed by atoms with Crippen molar-refractivity contribution >= 4 is 35.1 Å². The van der Waals surface area contributed by atoms with Gasteiger partial charge < -0.3 is 25.5 Å². The fraction of sp³-hybridized carbons (Fsp3) is 0. The molecule has 4 rings (SSSR count). The van der Waals surface area contributed by atoms with E-state index in [1.165, 1.54) is 0 Å². The first-order valence-corrected chi connectivity index (χ1v) is 9.59. The molecule has 27 heavy (non-hydrogen) atoms. The zero-order chi connectivity index (χ0) is 19.6. The SMILES string of the molecule is Nc1cc2ccccc2c(-c2cccc3ccccc23)c1O.O=P(O)(O)O. The molecular formula is C20H18NO5P. The Morgan fingerprint density at radius 2 is 1.26 bits per heavy atom. The van der Waals surface area contributed by atoms with Crippen LogP contribution in [0.4, 0.5) is 5.69 Å². The number of anilines is 1. The van der Waals surface area contributed by atoms with E-state index in [9.17, 15) is 5.11 Å². The number of nitrogen functional groups attached to an aromatic ring is 1. The summed E-state index contributed by atoms with van der Waals surface area (Å²) in [5.41, 5.74) is 8.22. The van der Waals surface area contributed by atoms with Crippen LogP contribution in [0.2, 0.25) is 0 Å².